The van der Waals surface area contributed by atoms with E-state index < -0.39 is 22.3 Å². The molecule has 0 aromatic heterocycles. The van der Waals surface area contributed by atoms with Gasteiger partial charge in [-0.25, -0.2) is 0 Å². The number of rotatable bonds is 8. The van der Waals surface area contributed by atoms with Gasteiger partial charge in [-0.2, -0.15) is 0 Å². The van der Waals surface area contributed by atoms with E-state index in [1.165, 1.54) is 16.7 Å². The lowest BCUT2D eigenvalue weighted by Crippen LogP contribution is -2.88. The molecule has 196 valence electrons. The molecule has 0 fully saturated rings. The summed E-state index contributed by atoms with van der Waals surface area (Å²) in [6.07, 6.45) is 0. The van der Waals surface area contributed by atoms with Crippen molar-refractivity contribution in [3.8, 4) is 11.1 Å². The fourth-order valence-corrected chi connectivity index (χ4v) is 55.5. The second-order valence-corrected chi connectivity index (χ2v) is 36.3. The van der Waals surface area contributed by atoms with E-state index in [4.69, 9.17) is 0 Å². The monoisotopic (exact) mass is 556 g/mol. The lowest BCUT2D eigenvalue weighted by Gasteiger charge is -2.57. The minimum Gasteiger partial charge on any atom is -0.0672 e. The summed E-state index contributed by atoms with van der Waals surface area (Å²) in [5.41, 5.74) is 4.55. The summed E-state index contributed by atoms with van der Waals surface area (Å²) in [7, 11) is -6.42. The summed E-state index contributed by atoms with van der Waals surface area (Å²) in [5, 5.41) is 4.80. The molecule has 1 atom stereocenters. The van der Waals surface area contributed by atoms with Crippen molar-refractivity contribution in [3.05, 3.63) is 151 Å². The highest BCUT2D eigenvalue weighted by molar-refractivity contribution is 7.77. The molecule has 0 nitrogen and oxygen atoms in total. The summed E-state index contributed by atoms with van der Waals surface area (Å²) in [6.45, 7) is 13.3. The van der Waals surface area contributed by atoms with E-state index in [1.807, 2.05) is 0 Å². The van der Waals surface area contributed by atoms with E-state index in [2.05, 4.69) is 179 Å². The van der Waals surface area contributed by atoms with Crippen molar-refractivity contribution in [2.45, 2.75) is 38.7 Å². The summed E-state index contributed by atoms with van der Waals surface area (Å²) in [4.78, 5) is 0. The molecule has 0 aliphatic heterocycles. The van der Waals surface area contributed by atoms with Gasteiger partial charge in [-0.05, 0) is 22.2 Å². The van der Waals surface area contributed by atoms with Crippen LogP contribution in [0.25, 0.3) is 11.1 Å². The van der Waals surface area contributed by atoms with Gasteiger partial charge in [0.2, 0.25) is 0 Å². The van der Waals surface area contributed by atoms with Crippen molar-refractivity contribution >= 4 is 37.9 Å². The Morgan fingerprint density at radius 3 is 1.18 bits per heavy atom. The van der Waals surface area contributed by atoms with Crippen LogP contribution in [0.3, 0.4) is 0 Å². The largest absolute Gasteiger partial charge is 0.0912 e. The molecule has 5 aromatic rings. The van der Waals surface area contributed by atoms with Crippen molar-refractivity contribution < 1.29 is 0 Å². The molecular formula is C36H40Si3. The average Bonchev–Trinajstić information content (AvgIpc) is 2.99. The first-order valence-electron chi connectivity index (χ1n) is 14.1. The third kappa shape index (κ3) is 4.73. The summed E-state index contributed by atoms with van der Waals surface area (Å²) in [6, 6.07) is 55.2. The van der Waals surface area contributed by atoms with Crippen LogP contribution in [0.2, 0.25) is 26.2 Å². The predicted octanol–water partition coefficient (Wildman–Crippen LogP) is 7.74. The van der Waals surface area contributed by atoms with Crippen molar-refractivity contribution in [2.24, 2.45) is 0 Å². The second kappa shape index (κ2) is 11.1. The van der Waals surface area contributed by atoms with Crippen LogP contribution in [0.1, 0.15) is 18.0 Å². The zero-order valence-electron chi connectivity index (χ0n) is 23.9. The molecule has 0 heterocycles. The van der Waals surface area contributed by atoms with E-state index in [-0.39, 0.29) is 0 Å². The topological polar surface area (TPSA) is 0 Å². The summed E-state index contributed by atoms with van der Waals surface area (Å²) in [5.74, 6) is 0. The highest BCUT2D eigenvalue weighted by Crippen LogP contribution is 2.40. The Hall–Kier alpha value is -3.25. The van der Waals surface area contributed by atoms with Crippen LogP contribution in [0, 0.1) is 0 Å². The molecular weight excluding hydrogens is 517 g/mol. The molecule has 0 saturated heterocycles. The van der Waals surface area contributed by atoms with Gasteiger partial charge in [0.05, 0.1) is 22.3 Å². The minimum atomic E-state index is -2.30. The van der Waals surface area contributed by atoms with Crippen LogP contribution >= 0.6 is 0 Å². The van der Waals surface area contributed by atoms with E-state index in [9.17, 15) is 0 Å². The fourth-order valence-electron chi connectivity index (χ4n) is 7.55. The molecule has 0 spiro atoms. The highest BCUT2D eigenvalue weighted by atomic mass is 29.6. The average molecular weight is 557 g/mol. The first kappa shape index (κ1) is 27.3. The molecule has 0 N–H and O–H groups in total. The number of hydrogen-bond acceptors (Lipinski definition) is 0. The molecule has 0 radical (unpaired) electrons. The molecule has 39 heavy (non-hydrogen) atoms. The summed E-state index contributed by atoms with van der Waals surface area (Å²) < 4.78 is 0. The Balaban J connectivity index is 1.85. The SMILES string of the molecule is CC(c1ccccc1)[Si](c1ccc(-c2ccccc2)cc1)([Si](C)(C)c1ccccc1)[Si](C)(C)c1ccccc1. The van der Waals surface area contributed by atoms with Gasteiger partial charge < -0.3 is 0 Å². The van der Waals surface area contributed by atoms with E-state index in [0.717, 1.165) is 0 Å². The second-order valence-electron chi connectivity index (χ2n) is 11.9. The maximum atomic E-state index is 2.69. The van der Waals surface area contributed by atoms with Crippen molar-refractivity contribution in [1.82, 2.24) is 0 Å². The van der Waals surface area contributed by atoms with Crippen LogP contribution in [0.15, 0.2) is 146 Å². The van der Waals surface area contributed by atoms with Crippen LogP contribution in [0.4, 0.5) is 0 Å². The molecule has 0 aliphatic rings. The van der Waals surface area contributed by atoms with Gasteiger partial charge in [0.25, 0.3) is 0 Å². The zero-order chi connectivity index (χ0) is 27.5. The smallest absolute Gasteiger partial charge is 0.0672 e. The Morgan fingerprint density at radius 2 is 0.744 bits per heavy atom. The predicted molar refractivity (Wildman–Crippen MR) is 179 cm³/mol. The van der Waals surface area contributed by atoms with E-state index in [1.54, 1.807) is 15.6 Å². The minimum absolute atomic E-state index is 0.477. The maximum absolute atomic E-state index is 2.69. The van der Waals surface area contributed by atoms with Gasteiger partial charge in [-0.1, -0.05) is 194 Å². The third-order valence-electron chi connectivity index (χ3n) is 9.36. The summed E-state index contributed by atoms with van der Waals surface area (Å²) >= 11 is 0. The quantitative estimate of drug-likeness (QED) is 0.172. The Morgan fingerprint density at radius 1 is 0.385 bits per heavy atom. The van der Waals surface area contributed by atoms with Crippen LogP contribution < -0.4 is 15.6 Å². The Kier molecular flexibility index (Phi) is 7.77. The van der Waals surface area contributed by atoms with Gasteiger partial charge in [-0.15, -0.1) is 0 Å². The fraction of sp³-hybridized carbons (Fsp3) is 0.167. The standard InChI is InChI=1S/C36H40Si3/c1-30(31-18-10-6-11-19-31)39(37(2,3)34-22-14-8-15-23-34,38(4,5)35-24-16-9-17-25-35)36-28-26-33(27-29-36)32-20-12-7-13-21-32/h6-30H,1-5H3. The lowest BCUT2D eigenvalue weighted by atomic mass is 10.1. The first-order valence-corrected chi connectivity index (χ1v) is 24.2. The number of benzene rings is 5. The van der Waals surface area contributed by atoms with Crippen LogP contribution in [0.5, 0.6) is 0 Å². The normalized spacial score (nSPS) is 13.2. The van der Waals surface area contributed by atoms with Gasteiger partial charge in [0.1, 0.15) is 0 Å². The van der Waals surface area contributed by atoms with E-state index in [0.29, 0.717) is 5.54 Å². The lowest BCUT2D eigenvalue weighted by molar-refractivity contribution is 1.05. The Labute approximate surface area is 238 Å². The molecule has 0 amide bonds. The molecule has 1 unspecified atom stereocenters. The highest BCUT2D eigenvalue weighted by Gasteiger charge is 2.63. The van der Waals surface area contributed by atoms with Gasteiger partial charge in [0.15, 0.2) is 0 Å². The molecule has 3 heteroatoms. The van der Waals surface area contributed by atoms with Crippen molar-refractivity contribution in [3.63, 3.8) is 0 Å². The van der Waals surface area contributed by atoms with Crippen molar-refractivity contribution in [1.29, 1.82) is 0 Å². The van der Waals surface area contributed by atoms with Gasteiger partial charge >= 0.3 is 0 Å². The zero-order valence-corrected chi connectivity index (χ0v) is 26.9. The Bertz CT molecular complexity index is 1430. The molecule has 0 bridgehead atoms. The third-order valence-corrected chi connectivity index (χ3v) is 48.9. The molecule has 0 aliphatic carbocycles. The van der Waals surface area contributed by atoms with Gasteiger partial charge in [0, 0.05) is 0 Å². The maximum Gasteiger partial charge on any atom is 0.0912 e. The first-order chi connectivity index (χ1) is 18.8. The molecule has 5 aromatic carbocycles. The van der Waals surface area contributed by atoms with Crippen molar-refractivity contribution in [2.75, 3.05) is 0 Å². The van der Waals surface area contributed by atoms with Crippen LogP contribution in [-0.4, -0.2) is 22.3 Å². The van der Waals surface area contributed by atoms with Crippen LogP contribution in [-0.2, 0) is 0 Å². The molecule has 0 saturated carbocycles. The van der Waals surface area contributed by atoms with Gasteiger partial charge in [-0.3, -0.25) is 0 Å². The number of hydrogen-bond donors (Lipinski definition) is 0. The molecule has 5 rings (SSSR count). The van der Waals surface area contributed by atoms with E-state index >= 15 is 0 Å².